The van der Waals surface area contributed by atoms with E-state index >= 15 is 0 Å². The Labute approximate surface area is 125 Å². The van der Waals surface area contributed by atoms with Gasteiger partial charge in [-0.15, -0.1) is 0 Å². The van der Waals surface area contributed by atoms with Gasteiger partial charge in [0.25, 0.3) is 0 Å². The van der Waals surface area contributed by atoms with Gasteiger partial charge in [-0.2, -0.15) is 0 Å². The molecule has 2 aromatic carbocycles. The van der Waals surface area contributed by atoms with E-state index in [4.69, 9.17) is 11.6 Å². The van der Waals surface area contributed by atoms with Crippen LogP contribution in [-0.2, 0) is 0 Å². The van der Waals surface area contributed by atoms with Gasteiger partial charge in [0.05, 0.1) is 5.02 Å². The third-order valence-corrected chi connectivity index (χ3v) is 7.09. The first-order valence-corrected chi connectivity index (χ1v) is 9.10. The molecule has 0 aliphatic rings. The van der Waals surface area contributed by atoms with Crippen LogP contribution >= 0.6 is 43.5 Å². The summed E-state index contributed by atoms with van der Waals surface area (Å²) in [7, 11) is -0.724. The Balaban J connectivity index is 2.41. The van der Waals surface area contributed by atoms with Crippen LogP contribution in [0.5, 0.6) is 0 Å². The zero-order valence-corrected chi connectivity index (χ0v) is 14.1. The lowest BCUT2D eigenvalue weighted by atomic mass is 10.4. The average Bonchev–Trinajstić information content (AvgIpc) is 2.35. The molecule has 2 rings (SSSR count). The summed E-state index contributed by atoms with van der Waals surface area (Å²) in [5.74, 6) is 0. The molecule has 0 aromatic heterocycles. The van der Waals surface area contributed by atoms with Crippen molar-refractivity contribution < 1.29 is 0 Å². The van der Waals surface area contributed by atoms with E-state index in [9.17, 15) is 0 Å². The Hall–Kier alpha value is -0.0931. The van der Waals surface area contributed by atoms with Crippen molar-refractivity contribution in [2.45, 2.75) is 6.55 Å². The number of hydrogen-bond donors (Lipinski definition) is 0. The van der Waals surface area contributed by atoms with Gasteiger partial charge >= 0.3 is 0 Å². The minimum Gasteiger partial charge on any atom is -0.0819 e. The van der Waals surface area contributed by atoms with Gasteiger partial charge in [0.15, 0.2) is 0 Å². The number of rotatable bonds is 2. The molecular weight excluding hydrogens is 379 g/mol. The van der Waals surface area contributed by atoms with E-state index in [0.29, 0.717) is 0 Å². The SMILES string of the molecule is C[Si](c1ccccc1)c1cc(Br)c(Cl)c(Br)c1. The highest BCUT2D eigenvalue weighted by atomic mass is 79.9. The van der Waals surface area contributed by atoms with Gasteiger partial charge in [-0.05, 0) is 44.0 Å². The molecule has 0 nitrogen and oxygen atoms in total. The molecule has 4 heteroatoms. The molecule has 0 aliphatic carbocycles. The van der Waals surface area contributed by atoms with Gasteiger partial charge in [0.2, 0.25) is 0 Å². The fraction of sp³-hybridized carbons (Fsp3) is 0.0769. The molecule has 0 amide bonds. The van der Waals surface area contributed by atoms with Crippen molar-refractivity contribution in [1.29, 1.82) is 0 Å². The third-order valence-electron chi connectivity index (χ3n) is 2.62. The van der Waals surface area contributed by atoms with Crippen LogP contribution < -0.4 is 10.4 Å². The molecule has 0 saturated carbocycles. The molecule has 0 saturated heterocycles. The molecule has 0 fully saturated rings. The quantitative estimate of drug-likeness (QED) is 0.536. The molecule has 1 radical (unpaired) electrons. The fourth-order valence-corrected chi connectivity index (χ4v) is 5.09. The topological polar surface area (TPSA) is 0 Å². The second kappa shape index (κ2) is 5.70. The lowest BCUT2D eigenvalue weighted by Gasteiger charge is -2.12. The minimum absolute atomic E-state index is 0.724. The fourth-order valence-electron chi connectivity index (χ4n) is 1.63. The first-order valence-electron chi connectivity index (χ1n) is 5.13. The maximum Gasteiger partial charge on any atom is 0.118 e. The predicted molar refractivity (Wildman–Crippen MR) is 84.2 cm³/mol. The molecule has 17 heavy (non-hydrogen) atoms. The molecule has 0 atom stereocenters. The van der Waals surface area contributed by atoms with Crippen molar-refractivity contribution in [3.63, 3.8) is 0 Å². The highest BCUT2D eigenvalue weighted by molar-refractivity contribution is 9.11. The van der Waals surface area contributed by atoms with Crippen LogP contribution in [0.4, 0.5) is 0 Å². The van der Waals surface area contributed by atoms with Crippen LogP contribution in [0.3, 0.4) is 0 Å². The Bertz CT molecular complexity index is 505. The van der Waals surface area contributed by atoms with Crippen molar-refractivity contribution in [3.05, 3.63) is 56.4 Å². The van der Waals surface area contributed by atoms with E-state index in [-0.39, 0.29) is 0 Å². The van der Waals surface area contributed by atoms with Crippen LogP contribution in [0.25, 0.3) is 0 Å². The van der Waals surface area contributed by atoms with Crippen molar-refractivity contribution in [2.75, 3.05) is 0 Å². The Kier molecular flexibility index (Phi) is 4.47. The number of hydrogen-bond acceptors (Lipinski definition) is 0. The smallest absolute Gasteiger partial charge is 0.0819 e. The molecule has 0 N–H and O–H groups in total. The zero-order chi connectivity index (χ0) is 12.4. The van der Waals surface area contributed by atoms with Crippen molar-refractivity contribution in [2.24, 2.45) is 0 Å². The highest BCUT2D eigenvalue weighted by Crippen LogP contribution is 2.29. The molecule has 0 spiro atoms. The summed E-state index contributed by atoms with van der Waals surface area (Å²) in [4.78, 5) is 0. The number of halogens is 3. The van der Waals surface area contributed by atoms with Gasteiger partial charge in [-0.3, -0.25) is 0 Å². The lowest BCUT2D eigenvalue weighted by molar-refractivity contribution is 1.63. The molecule has 0 unspecified atom stereocenters. The minimum atomic E-state index is -0.724. The van der Waals surface area contributed by atoms with Gasteiger partial charge in [-0.25, -0.2) is 0 Å². The predicted octanol–water partition coefficient (Wildman–Crippen LogP) is 4.10. The van der Waals surface area contributed by atoms with Crippen LogP contribution in [0.15, 0.2) is 51.4 Å². The molecule has 0 aliphatic heterocycles. The number of benzene rings is 2. The van der Waals surface area contributed by atoms with Gasteiger partial charge in [0, 0.05) is 8.95 Å². The van der Waals surface area contributed by atoms with Crippen molar-refractivity contribution >= 4 is 62.6 Å². The molecule has 0 bridgehead atoms. The normalized spacial score (nSPS) is 10.9. The molecule has 2 aromatic rings. The van der Waals surface area contributed by atoms with E-state index < -0.39 is 8.80 Å². The Morgan fingerprint density at radius 1 is 0.941 bits per heavy atom. The summed E-state index contributed by atoms with van der Waals surface area (Å²) in [6, 6.07) is 14.8. The monoisotopic (exact) mass is 387 g/mol. The Morgan fingerprint density at radius 2 is 1.47 bits per heavy atom. The maximum atomic E-state index is 6.12. The first-order chi connectivity index (χ1) is 8.09. The van der Waals surface area contributed by atoms with Crippen LogP contribution in [-0.4, -0.2) is 8.80 Å². The average molecular weight is 390 g/mol. The largest absolute Gasteiger partial charge is 0.118 e. The maximum absolute atomic E-state index is 6.12. The summed E-state index contributed by atoms with van der Waals surface area (Å²) in [5.41, 5.74) is 0. The van der Waals surface area contributed by atoms with Crippen molar-refractivity contribution in [1.82, 2.24) is 0 Å². The van der Waals surface area contributed by atoms with E-state index in [1.54, 1.807) is 0 Å². The Morgan fingerprint density at radius 3 is 2.00 bits per heavy atom. The van der Waals surface area contributed by atoms with E-state index in [1.165, 1.54) is 10.4 Å². The molecule has 87 valence electrons. The molecular formula is C13H10Br2ClSi. The first kappa shape index (κ1) is 13.3. The summed E-state index contributed by atoms with van der Waals surface area (Å²) < 4.78 is 1.90. The second-order valence-corrected chi connectivity index (χ2v) is 8.24. The second-order valence-electron chi connectivity index (χ2n) is 3.74. The van der Waals surface area contributed by atoms with Crippen LogP contribution in [0, 0.1) is 0 Å². The summed E-state index contributed by atoms with van der Waals surface area (Å²) in [6.45, 7) is 2.29. The van der Waals surface area contributed by atoms with Crippen LogP contribution in [0.2, 0.25) is 11.6 Å². The van der Waals surface area contributed by atoms with Gasteiger partial charge in [-0.1, -0.05) is 58.9 Å². The third kappa shape index (κ3) is 3.02. The van der Waals surface area contributed by atoms with E-state index in [1.807, 2.05) is 6.07 Å². The highest BCUT2D eigenvalue weighted by Gasteiger charge is 2.13. The summed E-state index contributed by atoms with van der Waals surface area (Å²) in [6.07, 6.45) is 0. The van der Waals surface area contributed by atoms with Crippen LogP contribution in [0.1, 0.15) is 0 Å². The molecule has 0 heterocycles. The van der Waals surface area contributed by atoms with Gasteiger partial charge in [0.1, 0.15) is 8.80 Å². The summed E-state index contributed by atoms with van der Waals surface area (Å²) in [5, 5.41) is 3.47. The lowest BCUT2D eigenvalue weighted by Crippen LogP contribution is -2.39. The summed E-state index contributed by atoms with van der Waals surface area (Å²) >= 11 is 13.1. The van der Waals surface area contributed by atoms with Gasteiger partial charge < -0.3 is 0 Å². The van der Waals surface area contributed by atoms with E-state index in [2.05, 4.69) is 74.8 Å². The van der Waals surface area contributed by atoms with Crippen molar-refractivity contribution in [3.8, 4) is 0 Å². The standard InChI is InChI=1S/C13H10Br2ClSi/c1-17(9-5-3-2-4-6-9)10-7-11(14)13(16)12(15)8-10/h2-8H,1H3. The van der Waals surface area contributed by atoms with E-state index in [0.717, 1.165) is 14.0 Å². The zero-order valence-electron chi connectivity index (χ0n) is 9.18.